The fraction of sp³-hybridized carbons (Fsp3) is 0.423. The monoisotopic (exact) mass is 490 g/mol. The molecule has 10 nitrogen and oxygen atoms in total. The molecule has 0 unspecified atom stereocenters. The second kappa shape index (κ2) is 9.60. The lowest BCUT2D eigenvalue weighted by Gasteiger charge is -2.30. The van der Waals surface area contributed by atoms with Crippen LogP contribution in [0.3, 0.4) is 0 Å². The number of rotatable bonds is 4. The van der Waals surface area contributed by atoms with Crippen molar-refractivity contribution in [1.29, 1.82) is 0 Å². The molecule has 36 heavy (non-hydrogen) atoms. The Kier molecular flexibility index (Phi) is 6.34. The number of hydrogen-bond acceptors (Lipinski definition) is 6. The number of carbonyl (C=O) groups is 2. The topological polar surface area (TPSA) is 121 Å². The minimum atomic E-state index is -0.903. The average molecular weight is 491 g/mol. The fourth-order valence-electron chi connectivity index (χ4n) is 5.23. The van der Waals surface area contributed by atoms with E-state index in [0.29, 0.717) is 62.6 Å². The van der Waals surface area contributed by atoms with Crippen molar-refractivity contribution in [2.75, 3.05) is 31.5 Å². The van der Waals surface area contributed by atoms with Gasteiger partial charge in [0.1, 0.15) is 5.65 Å². The number of carboxylic acid groups (broad SMARTS) is 1. The van der Waals surface area contributed by atoms with Crippen molar-refractivity contribution in [2.24, 2.45) is 0 Å². The van der Waals surface area contributed by atoms with Gasteiger partial charge < -0.3 is 20.2 Å². The predicted octanol–water partition coefficient (Wildman–Crippen LogP) is 3.11. The molecule has 1 atom stereocenters. The molecule has 2 aliphatic heterocycles. The number of carbonyl (C=O) groups excluding carboxylic acids is 1. The number of nitrogens with zero attached hydrogens (tertiary/aromatic N) is 5. The summed E-state index contributed by atoms with van der Waals surface area (Å²) >= 11 is 0. The highest BCUT2D eigenvalue weighted by molar-refractivity contribution is 5.82. The molecular formula is C26H30N6O4. The van der Waals surface area contributed by atoms with Crippen molar-refractivity contribution in [2.45, 2.75) is 45.2 Å². The third-order valence-electron chi connectivity index (χ3n) is 7.28. The number of piperidine rings is 1. The highest BCUT2D eigenvalue weighted by atomic mass is 16.4. The van der Waals surface area contributed by atoms with Gasteiger partial charge >= 0.3 is 6.09 Å². The molecule has 0 spiro atoms. The van der Waals surface area contributed by atoms with Gasteiger partial charge in [-0.05, 0) is 43.4 Å². The molecule has 0 saturated carbocycles. The van der Waals surface area contributed by atoms with E-state index in [1.165, 1.54) is 4.90 Å². The van der Waals surface area contributed by atoms with Crippen LogP contribution in [0.2, 0.25) is 0 Å². The van der Waals surface area contributed by atoms with E-state index < -0.39 is 6.09 Å². The molecular weight excluding hydrogens is 460 g/mol. The molecule has 0 bridgehead atoms. The van der Waals surface area contributed by atoms with Crippen LogP contribution in [-0.4, -0.2) is 73.7 Å². The maximum atomic E-state index is 13.9. The zero-order valence-corrected chi connectivity index (χ0v) is 20.5. The largest absolute Gasteiger partial charge is 0.465 e. The van der Waals surface area contributed by atoms with Crippen LogP contribution in [0, 0.1) is 6.92 Å². The highest BCUT2D eigenvalue weighted by Gasteiger charge is 2.29. The van der Waals surface area contributed by atoms with Gasteiger partial charge in [0, 0.05) is 56.3 Å². The number of hydrogen-bond donors (Lipinski definition) is 2. The first-order valence-electron chi connectivity index (χ1n) is 12.3. The summed E-state index contributed by atoms with van der Waals surface area (Å²) in [6, 6.07) is 9.50. The molecule has 2 aliphatic rings. The SMILES string of the molecule is CC(=O)N1CC[C@@H](n2c(=O)c(-c3ccccc3C)cc3cnc(NC4CCN(C(=O)O)CC4)nc32)C1. The second-order valence-electron chi connectivity index (χ2n) is 9.62. The molecule has 188 valence electrons. The number of anilines is 1. The number of likely N-dealkylation sites (tertiary alicyclic amines) is 2. The average Bonchev–Trinajstić information content (AvgIpc) is 3.35. The second-order valence-corrected chi connectivity index (χ2v) is 9.62. The van der Waals surface area contributed by atoms with E-state index in [1.54, 1.807) is 22.6 Å². The van der Waals surface area contributed by atoms with Crippen molar-refractivity contribution in [3.05, 3.63) is 52.4 Å². The van der Waals surface area contributed by atoms with Crippen molar-refractivity contribution >= 4 is 29.0 Å². The van der Waals surface area contributed by atoms with E-state index >= 15 is 0 Å². The van der Waals surface area contributed by atoms with Gasteiger partial charge in [-0.15, -0.1) is 0 Å². The van der Waals surface area contributed by atoms with E-state index in [1.807, 2.05) is 37.3 Å². The molecule has 2 fully saturated rings. The van der Waals surface area contributed by atoms with Gasteiger partial charge in [0.2, 0.25) is 11.9 Å². The lowest BCUT2D eigenvalue weighted by molar-refractivity contribution is -0.127. The number of aryl methyl sites for hydroxylation is 1. The van der Waals surface area contributed by atoms with Gasteiger partial charge in [-0.3, -0.25) is 14.2 Å². The van der Waals surface area contributed by atoms with E-state index in [2.05, 4.69) is 10.3 Å². The van der Waals surface area contributed by atoms with Crippen LogP contribution in [0.4, 0.5) is 10.7 Å². The van der Waals surface area contributed by atoms with Crippen molar-refractivity contribution in [3.63, 3.8) is 0 Å². The molecule has 2 saturated heterocycles. The van der Waals surface area contributed by atoms with Gasteiger partial charge in [-0.2, -0.15) is 4.98 Å². The summed E-state index contributed by atoms with van der Waals surface area (Å²) in [4.78, 5) is 49.6. The maximum absolute atomic E-state index is 13.9. The first kappa shape index (κ1) is 23.8. The van der Waals surface area contributed by atoms with E-state index in [0.717, 1.165) is 16.5 Å². The van der Waals surface area contributed by atoms with Crippen molar-refractivity contribution < 1.29 is 14.7 Å². The molecule has 2 aromatic heterocycles. The van der Waals surface area contributed by atoms with Crippen molar-refractivity contribution in [3.8, 4) is 11.1 Å². The first-order valence-corrected chi connectivity index (χ1v) is 12.3. The van der Waals surface area contributed by atoms with Gasteiger partial charge in [-0.1, -0.05) is 24.3 Å². The lowest BCUT2D eigenvalue weighted by atomic mass is 10.0. The number of pyridine rings is 1. The van der Waals surface area contributed by atoms with Crippen LogP contribution < -0.4 is 10.9 Å². The zero-order valence-electron chi connectivity index (χ0n) is 20.5. The summed E-state index contributed by atoms with van der Waals surface area (Å²) in [5.41, 5.74) is 2.86. The molecule has 0 aliphatic carbocycles. The predicted molar refractivity (Wildman–Crippen MR) is 136 cm³/mol. The van der Waals surface area contributed by atoms with Gasteiger partial charge in [0.15, 0.2) is 0 Å². The molecule has 0 radical (unpaired) electrons. The Morgan fingerprint density at radius 2 is 1.78 bits per heavy atom. The third-order valence-corrected chi connectivity index (χ3v) is 7.28. The van der Waals surface area contributed by atoms with Crippen LogP contribution in [0.15, 0.2) is 41.3 Å². The van der Waals surface area contributed by atoms with E-state index in [4.69, 9.17) is 4.98 Å². The Hall–Kier alpha value is -3.95. The number of nitrogens with one attached hydrogen (secondary N) is 1. The Bertz CT molecular complexity index is 1380. The van der Waals surface area contributed by atoms with Crippen LogP contribution >= 0.6 is 0 Å². The van der Waals surface area contributed by atoms with E-state index in [9.17, 15) is 19.5 Å². The number of fused-ring (bicyclic) bond motifs is 1. The third kappa shape index (κ3) is 4.50. The summed E-state index contributed by atoms with van der Waals surface area (Å²) in [7, 11) is 0. The summed E-state index contributed by atoms with van der Waals surface area (Å²) in [5.74, 6) is 0.407. The quantitative estimate of drug-likeness (QED) is 0.576. The fourth-order valence-corrected chi connectivity index (χ4v) is 5.23. The maximum Gasteiger partial charge on any atom is 0.407 e. The number of amides is 2. The van der Waals surface area contributed by atoms with Crippen LogP contribution in [0.25, 0.3) is 22.2 Å². The van der Waals surface area contributed by atoms with Crippen LogP contribution in [0.5, 0.6) is 0 Å². The Morgan fingerprint density at radius 1 is 1.06 bits per heavy atom. The van der Waals surface area contributed by atoms with Gasteiger partial charge in [0.25, 0.3) is 5.56 Å². The number of benzene rings is 1. The smallest absolute Gasteiger partial charge is 0.407 e. The molecule has 2 N–H and O–H groups in total. The van der Waals surface area contributed by atoms with Crippen molar-refractivity contribution in [1.82, 2.24) is 24.3 Å². The lowest BCUT2D eigenvalue weighted by Crippen LogP contribution is -2.41. The molecule has 3 aromatic rings. The normalized spacial score (nSPS) is 18.6. The zero-order chi connectivity index (χ0) is 25.4. The standard InChI is InChI=1S/C26H30N6O4/c1-16-5-3-4-6-21(16)22-13-18-14-27-25(28-19-7-10-30(11-8-19)26(35)36)29-23(18)32(24(22)34)20-9-12-31(15-20)17(2)33/h3-6,13-14,19-20H,7-12,15H2,1-2H3,(H,35,36)(H,27,28,29)/t20-/m1/s1. The Balaban J connectivity index is 1.55. The summed E-state index contributed by atoms with van der Waals surface area (Å²) < 4.78 is 1.74. The van der Waals surface area contributed by atoms with Crippen LogP contribution in [-0.2, 0) is 4.79 Å². The molecule has 1 aromatic carbocycles. The molecule has 10 heteroatoms. The Labute approximate surface area is 208 Å². The minimum Gasteiger partial charge on any atom is -0.465 e. The molecule has 2 amide bonds. The van der Waals surface area contributed by atoms with Gasteiger partial charge in [0.05, 0.1) is 6.04 Å². The minimum absolute atomic E-state index is 0.00500. The summed E-state index contributed by atoms with van der Waals surface area (Å²) in [6.07, 6.45) is 2.81. The molecule has 4 heterocycles. The molecule has 5 rings (SSSR count). The summed E-state index contributed by atoms with van der Waals surface area (Å²) in [5, 5.41) is 13.3. The Morgan fingerprint density at radius 3 is 2.44 bits per heavy atom. The van der Waals surface area contributed by atoms with Gasteiger partial charge in [-0.25, -0.2) is 9.78 Å². The number of aromatic nitrogens is 3. The van der Waals surface area contributed by atoms with Crippen LogP contribution in [0.1, 0.15) is 37.8 Å². The van der Waals surface area contributed by atoms with E-state index in [-0.39, 0.29) is 23.6 Å². The highest BCUT2D eigenvalue weighted by Crippen LogP contribution is 2.28. The first-order chi connectivity index (χ1) is 17.3. The summed E-state index contributed by atoms with van der Waals surface area (Å²) in [6.45, 7) is 5.49.